The van der Waals surface area contributed by atoms with Crippen LogP contribution >= 0.6 is 11.6 Å². The van der Waals surface area contributed by atoms with Gasteiger partial charge in [0, 0.05) is 47.9 Å². The Morgan fingerprint density at radius 1 is 0.474 bits per heavy atom. The summed E-state index contributed by atoms with van der Waals surface area (Å²) in [5.41, 5.74) is 17.9. The van der Waals surface area contributed by atoms with Crippen LogP contribution in [0.4, 0.5) is 0 Å². The molecule has 2 unspecified atom stereocenters. The number of hydrogen-bond acceptors (Lipinski definition) is 10. The molecule has 0 amide bonds. The van der Waals surface area contributed by atoms with Crippen LogP contribution in [-0.4, -0.2) is 74.4 Å². The number of halogens is 1. The predicted molar refractivity (Wildman–Crippen MR) is 401 cm³/mol. The van der Waals surface area contributed by atoms with E-state index in [1.54, 1.807) is 13.1 Å². The van der Waals surface area contributed by atoms with Gasteiger partial charge in [-0.3, -0.25) is 9.59 Å². The molecule has 0 fully saturated rings. The van der Waals surface area contributed by atoms with Gasteiger partial charge in [0.15, 0.2) is 21.8 Å². The van der Waals surface area contributed by atoms with Gasteiger partial charge in [-0.1, -0.05) is 195 Å². The van der Waals surface area contributed by atoms with Crippen molar-refractivity contribution >= 4 is 40.2 Å². The molecule has 2 atom stereocenters. The molecular formula is C81H122ClN4O6PdSi2-. The zero-order valence-corrected chi connectivity index (χ0v) is 68.0. The molecule has 95 heavy (non-hydrogen) atoms. The Hall–Kier alpha value is -4.71. The number of nitrogens with zero attached hydrogens (tertiary/aromatic N) is 4. The Kier molecular flexibility index (Phi) is 31.0. The number of esters is 2. The Labute approximate surface area is 597 Å². The van der Waals surface area contributed by atoms with Gasteiger partial charge in [0.25, 0.3) is 0 Å². The van der Waals surface area contributed by atoms with Crippen LogP contribution in [0.25, 0.3) is 22.5 Å². The van der Waals surface area contributed by atoms with E-state index in [9.17, 15) is 9.59 Å². The minimum Gasteiger partial charge on any atom is -0.466 e. The minimum atomic E-state index is -1.89. The molecule has 10 nitrogen and oxygen atoms in total. The standard InChI is InChI=1S/C40H59ClN2O3Si.C40H60N2O3Si.CH3.Pd/c1-14-40(15-2,32-20-21-33(28(5)24-32)34-25-30(37(41)43-42-34)26-36(44)45-16-3)31-19-17-29(27(4)23-31)18-22-35(38(6,7)8)46-47(12,13)39(9,10)11;1-14-40(15-2,33-20-21-34(29(5)24-33)35-25-30(27-41-42-35)26-37(43)44-16-3)32-19-17-31(28(4)23-32)18-22-36(38(6,7)8)45-46(12,13)39(9,10)11;;/h17,19-21,23-25,35H,14-16,18,22,26H2,1-13H3;17,19-21,23-25,27,36H,14-16,18,22,26H2,1-13H3;1H3;/q;;-1;. The third-order valence-electron chi connectivity index (χ3n) is 20.9. The molecule has 6 rings (SSSR count). The summed E-state index contributed by atoms with van der Waals surface area (Å²) in [6.45, 7) is 59.5. The molecule has 2 heterocycles. The summed E-state index contributed by atoms with van der Waals surface area (Å²) in [6, 6.07) is 31.5. The van der Waals surface area contributed by atoms with E-state index < -0.39 is 16.6 Å². The first-order valence-electron chi connectivity index (χ1n) is 34.6. The Morgan fingerprint density at radius 2 is 0.832 bits per heavy atom. The van der Waals surface area contributed by atoms with Crippen molar-refractivity contribution in [3.63, 3.8) is 0 Å². The summed E-state index contributed by atoms with van der Waals surface area (Å²) >= 11 is 6.29. The van der Waals surface area contributed by atoms with Crippen molar-refractivity contribution in [1.82, 2.24) is 20.4 Å². The van der Waals surface area contributed by atoms with Gasteiger partial charge < -0.3 is 25.8 Å². The van der Waals surface area contributed by atoms with E-state index in [1.807, 2.05) is 19.1 Å². The third kappa shape index (κ3) is 21.4. The molecule has 0 saturated carbocycles. The first kappa shape index (κ1) is 84.5. The van der Waals surface area contributed by atoms with Crippen molar-refractivity contribution in [2.75, 3.05) is 13.2 Å². The van der Waals surface area contributed by atoms with Crippen molar-refractivity contribution in [2.24, 2.45) is 10.8 Å². The molecular weight excluding hydrogens is 1320 g/mol. The molecule has 4 aromatic carbocycles. The minimum absolute atomic E-state index is 0. The monoisotopic (exact) mass is 1440 g/mol. The summed E-state index contributed by atoms with van der Waals surface area (Å²) in [5, 5.41) is 17.7. The second-order valence-electron chi connectivity index (χ2n) is 31.4. The number of aromatic nitrogens is 4. The predicted octanol–water partition coefficient (Wildman–Crippen LogP) is 21.8. The summed E-state index contributed by atoms with van der Waals surface area (Å²) < 4.78 is 24.2. The molecule has 6 aromatic rings. The molecule has 0 saturated heterocycles. The summed E-state index contributed by atoms with van der Waals surface area (Å²) in [5.74, 6) is -0.579. The fourth-order valence-corrected chi connectivity index (χ4v) is 15.8. The van der Waals surface area contributed by atoms with Crippen LogP contribution in [0.5, 0.6) is 0 Å². The van der Waals surface area contributed by atoms with Crippen molar-refractivity contribution in [3.8, 4) is 22.5 Å². The largest absolute Gasteiger partial charge is 0.466 e. The third-order valence-corrected chi connectivity index (χ3v) is 30.2. The topological polar surface area (TPSA) is 123 Å². The van der Waals surface area contributed by atoms with E-state index >= 15 is 0 Å². The van der Waals surface area contributed by atoms with Crippen LogP contribution in [0.1, 0.15) is 230 Å². The number of carbonyl (C=O) groups excluding carboxylic acids is 2. The van der Waals surface area contributed by atoms with Gasteiger partial charge in [-0.05, 0) is 213 Å². The van der Waals surface area contributed by atoms with Gasteiger partial charge >= 0.3 is 11.9 Å². The molecule has 528 valence electrons. The van der Waals surface area contributed by atoms with Gasteiger partial charge in [0.2, 0.25) is 0 Å². The van der Waals surface area contributed by atoms with E-state index in [4.69, 9.17) is 29.9 Å². The molecule has 0 aliphatic heterocycles. The fraction of sp³-hybridized carbons (Fsp3) is 0.568. The number of carbonyl (C=O) groups is 2. The maximum absolute atomic E-state index is 12.1. The zero-order valence-electron chi connectivity index (χ0n) is 63.7. The number of rotatable bonds is 26. The van der Waals surface area contributed by atoms with Crippen LogP contribution in [-0.2, 0) is 84.9 Å². The van der Waals surface area contributed by atoms with Crippen molar-refractivity contribution in [1.29, 1.82) is 0 Å². The first-order valence-corrected chi connectivity index (χ1v) is 40.8. The van der Waals surface area contributed by atoms with E-state index in [2.05, 4.69) is 258 Å². The molecule has 2 aromatic heterocycles. The van der Waals surface area contributed by atoms with E-state index in [0.717, 1.165) is 84.9 Å². The Morgan fingerprint density at radius 3 is 1.17 bits per heavy atom. The molecule has 14 heteroatoms. The Balaban J connectivity index is 0.000000485. The Bertz CT molecular complexity index is 3480. The first-order chi connectivity index (χ1) is 43.2. The van der Waals surface area contributed by atoms with Crippen molar-refractivity contribution in [2.45, 2.75) is 276 Å². The second-order valence-corrected chi connectivity index (χ2v) is 41.3. The van der Waals surface area contributed by atoms with Gasteiger partial charge in [-0.2, -0.15) is 10.2 Å². The van der Waals surface area contributed by atoms with Crippen LogP contribution < -0.4 is 0 Å². The van der Waals surface area contributed by atoms with Crippen LogP contribution in [0.15, 0.2) is 91.1 Å². The number of aryl methyl sites for hydroxylation is 6. The van der Waals surface area contributed by atoms with E-state index in [1.165, 1.54) is 44.5 Å². The zero-order chi connectivity index (χ0) is 69.9. The van der Waals surface area contributed by atoms with Gasteiger partial charge in [0.1, 0.15) is 0 Å². The smallest absolute Gasteiger partial charge is 0.310 e. The van der Waals surface area contributed by atoms with Crippen LogP contribution in [0, 0.1) is 46.0 Å². The van der Waals surface area contributed by atoms with E-state index in [0.29, 0.717) is 24.5 Å². The average molecular weight is 1450 g/mol. The maximum Gasteiger partial charge on any atom is 0.310 e. The molecule has 0 aliphatic rings. The summed E-state index contributed by atoms with van der Waals surface area (Å²) in [7, 11) is -3.77. The SMILES string of the molecule is CCOC(=O)Cc1cc(-c2ccc(C(CC)(CC)c3ccc(CCC(O[Si](C)(C)C(C)(C)C)C(C)(C)C)c(C)c3)cc2C)nnc1Cl.CCOC(=O)Cc1cnnc(-c2ccc(C(CC)(CC)c3ccc(CCC(O[Si](C)(C)C(C)(C)C)C(C)(C)C)c(C)c3)cc2C)c1.[CH3-].[Pd]. The van der Waals surface area contributed by atoms with Gasteiger partial charge in [0.05, 0.1) is 55.8 Å². The summed E-state index contributed by atoms with van der Waals surface area (Å²) in [4.78, 5) is 24.2. The number of benzene rings is 4. The van der Waals surface area contributed by atoms with Crippen molar-refractivity contribution in [3.05, 3.63) is 170 Å². The fourth-order valence-electron chi connectivity index (χ4n) is 12.5. The molecule has 0 aliphatic carbocycles. The normalized spacial score (nSPS) is 13.2. The molecule has 0 bridgehead atoms. The molecule has 0 N–H and O–H groups in total. The van der Waals surface area contributed by atoms with Gasteiger partial charge in [-0.25, -0.2) is 0 Å². The van der Waals surface area contributed by atoms with Crippen molar-refractivity contribution < 1.29 is 48.3 Å². The van der Waals surface area contributed by atoms with E-state index in [-0.39, 0.29) is 102 Å². The number of ether oxygens (including phenoxy) is 2. The quantitative estimate of drug-likeness (QED) is 0.0295. The molecule has 0 radical (unpaired) electrons. The van der Waals surface area contributed by atoms with Crippen LogP contribution in [0.2, 0.25) is 41.4 Å². The number of hydrogen-bond donors (Lipinski definition) is 0. The maximum atomic E-state index is 12.1. The average Bonchev–Trinajstić information content (AvgIpc) is 0.782. The second kappa shape index (κ2) is 34.9. The van der Waals surface area contributed by atoms with Crippen LogP contribution in [0.3, 0.4) is 0 Å². The molecule has 0 spiro atoms. The summed E-state index contributed by atoms with van der Waals surface area (Å²) in [6.07, 6.45) is 10.3. The van der Waals surface area contributed by atoms with Gasteiger partial charge in [-0.15, -0.1) is 10.2 Å².